The smallest absolute Gasteiger partial charge is 0.225 e. The minimum Gasteiger partial charge on any atom is -0.389 e. The van der Waals surface area contributed by atoms with Crippen LogP contribution in [-0.4, -0.2) is 58.5 Å². The number of aliphatic hydroxyl groups is 1. The van der Waals surface area contributed by atoms with E-state index in [4.69, 9.17) is 0 Å². The highest BCUT2D eigenvalue weighted by Gasteiger charge is 2.31. The van der Waals surface area contributed by atoms with Crippen LogP contribution < -0.4 is 0 Å². The van der Waals surface area contributed by atoms with E-state index in [9.17, 15) is 14.7 Å². The van der Waals surface area contributed by atoms with Gasteiger partial charge in [-0.05, 0) is 33.6 Å². The Balaban J connectivity index is 2.56. The highest BCUT2D eigenvalue weighted by atomic mass is 16.3. The molecule has 0 aliphatic carbocycles. The van der Waals surface area contributed by atoms with Crippen LogP contribution >= 0.6 is 0 Å². The summed E-state index contributed by atoms with van der Waals surface area (Å²) in [5.74, 6) is 0.268. The fraction of sp³-hybridized carbons (Fsp3) is 0.875. The van der Waals surface area contributed by atoms with Crippen molar-refractivity contribution in [2.75, 3.05) is 26.2 Å². The lowest BCUT2D eigenvalue weighted by Crippen LogP contribution is -2.48. The van der Waals surface area contributed by atoms with Gasteiger partial charge in [-0.1, -0.05) is 13.8 Å². The minimum atomic E-state index is -0.875. The third-order valence-electron chi connectivity index (χ3n) is 3.92. The van der Waals surface area contributed by atoms with Crippen molar-refractivity contribution in [2.45, 2.75) is 53.1 Å². The third-order valence-corrected chi connectivity index (χ3v) is 3.92. The molecule has 0 unspecified atom stereocenters. The van der Waals surface area contributed by atoms with Gasteiger partial charge in [-0.2, -0.15) is 0 Å². The Morgan fingerprint density at radius 1 is 1.29 bits per heavy atom. The Morgan fingerprint density at radius 3 is 2.19 bits per heavy atom. The van der Waals surface area contributed by atoms with Crippen LogP contribution in [0.3, 0.4) is 0 Å². The number of carbonyl (C=O) groups excluding carboxylic acids is 2. The first-order valence-electron chi connectivity index (χ1n) is 7.95. The molecule has 122 valence electrons. The Bertz CT molecular complexity index is 366. The van der Waals surface area contributed by atoms with Crippen molar-refractivity contribution in [3.05, 3.63) is 0 Å². The van der Waals surface area contributed by atoms with Crippen LogP contribution in [0.25, 0.3) is 0 Å². The number of rotatable bonds is 5. The molecule has 5 heteroatoms. The maximum absolute atomic E-state index is 12.5. The molecule has 1 heterocycles. The number of hydrogen-bond donors (Lipinski definition) is 1. The van der Waals surface area contributed by atoms with Crippen molar-refractivity contribution in [1.82, 2.24) is 9.80 Å². The van der Waals surface area contributed by atoms with Gasteiger partial charge in [0.2, 0.25) is 11.8 Å². The SMILES string of the molecule is CCN(CC(C)(C)O)C(=O)C1CCN(C(=O)C(C)C)CC1. The summed E-state index contributed by atoms with van der Waals surface area (Å²) in [5.41, 5.74) is -0.875. The largest absolute Gasteiger partial charge is 0.389 e. The zero-order valence-electron chi connectivity index (χ0n) is 14.1. The molecule has 0 aromatic rings. The van der Waals surface area contributed by atoms with Gasteiger partial charge in [0.1, 0.15) is 0 Å². The predicted molar refractivity (Wildman–Crippen MR) is 82.7 cm³/mol. The highest BCUT2D eigenvalue weighted by molar-refractivity contribution is 5.81. The van der Waals surface area contributed by atoms with Gasteiger partial charge >= 0.3 is 0 Å². The number of likely N-dealkylation sites (tertiary alicyclic amines) is 1. The molecule has 1 N–H and O–H groups in total. The molecular formula is C16H30N2O3. The minimum absolute atomic E-state index is 0.0135. The zero-order chi connectivity index (χ0) is 16.2. The van der Waals surface area contributed by atoms with Gasteiger partial charge in [-0.15, -0.1) is 0 Å². The molecule has 0 aromatic heterocycles. The van der Waals surface area contributed by atoms with E-state index in [1.807, 2.05) is 25.7 Å². The Hall–Kier alpha value is -1.10. The van der Waals surface area contributed by atoms with Crippen molar-refractivity contribution in [3.8, 4) is 0 Å². The molecule has 21 heavy (non-hydrogen) atoms. The Kier molecular flexibility index (Phi) is 6.20. The van der Waals surface area contributed by atoms with Gasteiger partial charge in [0.15, 0.2) is 0 Å². The monoisotopic (exact) mass is 298 g/mol. The summed E-state index contributed by atoms with van der Waals surface area (Å²) in [5, 5.41) is 9.90. The maximum Gasteiger partial charge on any atom is 0.225 e. The van der Waals surface area contributed by atoms with Crippen molar-refractivity contribution in [1.29, 1.82) is 0 Å². The molecule has 0 atom stereocenters. The molecule has 0 aromatic carbocycles. The average molecular weight is 298 g/mol. The first-order valence-corrected chi connectivity index (χ1v) is 7.95. The second-order valence-corrected chi connectivity index (χ2v) is 6.92. The van der Waals surface area contributed by atoms with Gasteiger partial charge in [0.25, 0.3) is 0 Å². The summed E-state index contributed by atoms with van der Waals surface area (Å²) in [4.78, 5) is 28.1. The van der Waals surface area contributed by atoms with Gasteiger partial charge in [-0.3, -0.25) is 9.59 Å². The zero-order valence-corrected chi connectivity index (χ0v) is 14.1. The second-order valence-electron chi connectivity index (χ2n) is 6.92. The summed E-state index contributed by atoms with van der Waals surface area (Å²) < 4.78 is 0. The summed E-state index contributed by atoms with van der Waals surface area (Å²) in [6, 6.07) is 0. The van der Waals surface area contributed by atoms with E-state index in [2.05, 4.69) is 0 Å². The van der Waals surface area contributed by atoms with Gasteiger partial charge in [0.05, 0.1) is 5.60 Å². The van der Waals surface area contributed by atoms with Crippen LogP contribution in [0, 0.1) is 11.8 Å². The summed E-state index contributed by atoms with van der Waals surface area (Å²) in [6.45, 7) is 11.5. The molecule has 0 spiro atoms. The molecule has 0 bridgehead atoms. The number of hydrogen-bond acceptors (Lipinski definition) is 3. The number of nitrogens with zero attached hydrogens (tertiary/aromatic N) is 2. The van der Waals surface area contributed by atoms with Crippen LogP contribution in [0.4, 0.5) is 0 Å². The molecule has 2 amide bonds. The van der Waals surface area contributed by atoms with E-state index in [1.54, 1.807) is 18.7 Å². The second kappa shape index (κ2) is 7.25. The molecular weight excluding hydrogens is 268 g/mol. The molecule has 1 rings (SSSR count). The van der Waals surface area contributed by atoms with Gasteiger partial charge in [0, 0.05) is 38.0 Å². The lowest BCUT2D eigenvalue weighted by atomic mass is 9.94. The van der Waals surface area contributed by atoms with E-state index in [0.717, 1.165) is 12.8 Å². The molecule has 1 aliphatic heterocycles. The molecule has 0 saturated carbocycles. The summed E-state index contributed by atoms with van der Waals surface area (Å²) in [6.07, 6.45) is 1.44. The van der Waals surface area contributed by atoms with Crippen molar-refractivity contribution in [2.24, 2.45) is 11.8 Å². The standard InChI is InChI=1S/C16H30N2O3/c1-6-17(11-16(4,5)21)15(20)13-7-9-18(10-8-13)14(19)12(2)3/h12-13,21H,6-11H2,1-5H3. The summed E-state index contributed by atoms with van der Waals surface area (Å²) in [7, 11) is 0. The van der Waals surface area contributed by atoms with Crippen molar-refractivity contribution < 1.29 is 14.7 Å². The number of carbonyl (C=O) groups is 2. The van der Waals surface area contributed by atoms with E-state index >= 15 is 0 Å². The van der Waals surface area contributed by atoms with Crippen LogP contribution in [-0.2, 0) is 9.59 Å². The molecule has 0 radical (unpaired) electrons. The van der Waals surface area contributed by atoms with E-state index in [-0.39, 0.29) is 23.7 Å². The molecule has 1 saturated heterocycles. The first kappa shape index (κ1) is 18.0. The topological polar surface area (TPSA) is 60.9 Å². The molecule has 1 aliphatic rings. The fourth-order valence-corrected chi connectivity index (χ4v) is 2.78. The highest BCUT2D eigenvalue weighted by Crippen LogP contribution is 2.22. The number of likely N-dealkylation sites (N-methyl/N-ethyl adjacent to an activating group) is 1. The van der Waals surface area contributed by atoms with Gasteiger partial charge < -0.3 is 14.9 Å². The first-order chi connectivity index (χ1) is 9.65. The van der Waals surface area contributed by atoms with Gasteiger partial charge in [-0.25, -0.2) is 0 Å². The van der Waals surface area contributed by atoms with Crippen molar-refractivity contribution in [3.63, 3.8) is 0 Å². The van der Waals surface area contributed by atoms with Crippen molar-refractivity contribution >= 4 is 11.8 Å². The molecule has 5 nitrogen and oxygen atoms in total. The summed E-state index contributed by atoms with van der Waals surface area (Å²) >= 11 is 0. The fourth-order valence-electron chi connectivity index (χ4n) is 2.78. The van der Waals surface area contributed by atoms with E-state index in [1.165, 1.54) is 0 Å². The number of amides is 2. The molecule has 1 fully saturated rings. The van der Waals surface area contributed by atoms with Crippen LogP contribution in [0.5, 0.6) is 0 Å². The van der Waals surface area contributed by atoms with E-state index in [0.29, 0.717) is 26.2 Å². The van der Waals surface area contributed by atoms with Crippen LogP contribution in [0.1, 0.15) is 47.5 Å². The van der Waals surface area contributed by atoms with Crippen LogP contribution in [0.15, 0.2) is 0 Å². The predicted octanol–water partition coefficient (Wildman–Crippen LogP) is 1.50. The normalized spacial score (nSPS) is 17.2. The number of piperidine rings is 1. The quantitative estimate of drug-likeness (QED) is 0.837. The third kappa shape index (κ3) is 5.30. The average Bonchev–Trinajstić information content (AvgIpc) is 2.42. The lowest BCUT2D eigenvalue weighted by Gasteiger charge is -2.36. The maximum atomic E-state index is 12.5. The van der Waals surface area contributed by atoms with E-state index < -0.39 is 5.60 Å². The van der Waals surface area contributed by atoms with Crippen LogP contribution in [0.2, 0.25) is 0 Å². The Morgan fingerprint density at radius 2 is 1.81 bits per heavy atom. The Labute approximate surface area is 128 Å². The lowest BCUT2D eigenvalue weighted by molar-refractivity contribution is -0.143.